The molecule has 2 rings (SSSR count). The molecular formula is C17H23N3O3. The number of nitrogens with one attached hydrogen (secondary N) is 2. The first-order valence-electron chi connectivity index (χ1n) is 8.04. The Balaban J connectivity index is 1.81. The Labute approximate surface area is 136 Å². The van der Waals surface area contributed by atoms with Crippen molar-refractivity contribution in [2.24, 2.45) is 0 Å². The summed E-state index contributed by atoms with van der Waals surface area (Å²) in [6, 6.07) is 8.76. The normalized spacial score (nSPS) is 17.3. The van der Waals surface area contributed by atoms with E-state index < -0.39 is 6.04 Å². The molecule has 1 aliphatic heterocycles. The average Bonchev–Trinajstić information content (AvgIpc) is 2.84. The molecule has 23 heavy (non-hydrogen) atoms. The minimum atomic E-state index is -0.592. The lowest BCUT2D eigenvalue weighted by molar-refractivity contribution is -0.127. The summed E-state index contributed by atoms with van der Waals surface area (Å²) >= 11 is 0. The first kappa shape index (κ1) is 17.0. The number of carbonyl (C=O) groups is 3. The van der Waals surface area contributed by atoms with Gasteiger partial charge in [-0.15, -0.1) is 0 Å². The van der Waals surface area contributed by atoms with E-state index in [1.807, 2.05) is 37.3 Å². The van der Waals surface area contributed by atoms with Crippen molar-refractivity contribution in [3.63, 3.8) is 0 Å². The monoisotopic (exact) mass is 317 g/mol. The molecule has 1 saturated heterocycles. The molecule has 6 heteroatoms. The Morgan fingerprint density at radius 3 is 2.70 bits per heavy atom. The number of carbonyl (C=O) groups excluding carboxylic acids is 3. The zero-order chi connectivity index (χ0) is 16.7. The molecule has 1 aromatic rings. The van der Waals surface area contributed by atoms with Gasteiger partial charge in [-0.1, -0.05) is 37.3 Å². The smallest absolute Gasteiger partial charge is 0.324 e. The summed E-state index contributed by atoms with van der Waals surface area (Å²) in [5, 5.41) is 5.42. The van der Waals surface area contributed by atoms with Crippen LogP contribution >= 0.6 is 0 Å². The molecule has 1 atom stereocenters. The van der Waals surface area contributed by atoms with Crippen LogP contribution in [0.1, 0.15) is 31.7 Å². The molecule has 1 aromatic carbocycles. The Bertz CT molecular complexity index is 559. The molecule has 0 aliphatic carbocycles. The van der Waals surface area contributed by atoms with E-state index in [1.54, 1.807) is 0 Å². The van der Waals surface area contributed by atoms with Crippen molar-refractivity contribution in [1.82, 2.24) is 15.5 Å². The second-order valence-electron chi connectivity index (χ2n) is 5.62. The van der Waals surface area contributed by atoms with Gasteiger partial charge in [-0.05, 0) is 24.8 Å². The number of urea groups is 1. The predicted octanol–water partition coefficient (Wildman–Crippen LogP) is 1.46. The third kappa shape index (κ3) is 4.81. The second-order valence-corrected chi connectivity index (χ2v) is 5.62. The summed E-state index contributed by atoms with van der Waals surface area (Å²) < 4.78 is 0. The van der Waals surface area contributed by atoms with E-state index in [0.29, 0.717) is 25.9 Å². The van der Waals surface area contributed by atoms with Crippen LogP contribution in [0, 0.1) is 0 Å². The highest BCUT2D eigenvalue weighted by Crippen LogP contribution is 2.12. The van der Waals surface area contributed by atoms with Gasteiger partial charge in [0.2, 0.25) is 5.91 Å². The van der Waals surface area contributed by atoms with Gasteiger partial charge in [0, 0.05) is 19.5 Å². The van der Waals surface area contributed by atoms with Crippen LogP contribution in [-0.2, 0) is 16.0 Å². The molecule has 0 saturated carbocycles. The molecule has 124 valence electrons. The predicted molar refractivity (Wildman–Crippen MR) is 86.7 cm³/mol. The number of rotatable bonds is 8. The van der Waals surface area contributed by atoms with Crippen LogP contribution in [0.3, 0.4) is 0 Å². The lowest BCUT2D eigenvalue weighted by Crippen LogP contribution is -2.34. The number of benzene rings is 1. The fourth-order valence-electron chi connectivity index (χ4n) is 2.50. The van der Waals surface area contributed by atoms with E-state index in [1.165, 1.54) is 4.90 Å². The maximum Gasteiger partial charge on any atom is 0.324 e. The van der Waals surface area contributed by atoms with Crippen molar-refractivity contribution in [3.8, 4) is 0 Å². The lowest BCUT2D eigenvalue weighted by Gasteiger charge is -2.13. The van der Waals surface area contributed by atoms with Gasteiger partial charge in [0.15, 0.2) is 0 Å². The highest BCUT2D eigenvalue weighted by Gasteiger charge is 2.37. The molecule has 1 heterocycles. The molecule has 1 fully saturated rings. The SMILES string of the molecule is CCCNC(=O)CC[C@@H]1NC(=O)N(CCc2ccccc2)C1=O. The quantitative estimate of drug-likeness (QED) is 0.712. The summed E-state index contributed by atoms with van der Waals surface area (Å²) in [5.74, 6) is -0.328. The third-order valence-electron chi connectivity index (χ3n) is 3.81. The molecule has 2 N–H and O–H groups in total. The van der Waals surface area contributed by atoms with Gasteiger partial charge in [0.05, 0.1) is 0 Å². The van der Waals surface area contributed by atoms with Crippen molar-refractivity contribution < 1.29 is 14.4 Å². The first-order chi connectivity index (χ1) is 11.1. The molecule has 0 radical (unpaired) electrons. The maximum absolute atomic E-state index is 12.3. The fourth-order valence-corrected chi connectivity index (χ4v) is 2.50. The average molecular weight is 317 g/mol. The second kappa shape index (κ2) is 8.31. The van der Waals surface area contributed by atoms with E-state index in [-0.39, 0.29) is 24.3 Å². The van der Waals surface area contributed by atoms with Gasteiger partial charge < -0.3 is 10.6 Å². The highest BCUT2D eigenvalue weighted by molar-refractivity contribution is 6.04. The Morgan fingerprint density at radius 2 is 2.00 bits per heavy atom. The minimum Gasteiger partial charge on any atom is -0.356 e. The molecule has 0 bridgehead atoms. The van der Waals surface area contributed by atoms with Gasteiger partial charge in [-0.25, -0.2) is 4.79 Å². The van der Waals surface area contributed by atoms with Crippen molar-refractivity contribution >= 4 is 17.8 Å². The highest BCUT2D eigenvalue weighted by atomic mass is 16.2. The molecule has 0 spiro atoms. The Hall–Kier alpha value is -2.37. The standard InChI is InChI=1S/C17H23N3O3/c1-2-11-18-15(21)9-8-14-16(22)20(17(23)19-14)12-10-13-6-4-3-5-7-13/h3-7,14H,2,8-12H2,1H3,(H,18,21)(H,19,23)/t14-/m0/s1. The minimum absolute atomic E-state index is 0.0864. The number of hydrogen-bond acceptors (Lipinski definition) is 3. The third-order valence-corrected chi connectivity index (χ3v) is 3.81. The van der Waals surface area contributed by atoms with Crippen LogP contribution < -0.4 is 10.6 Å². The fraction of sp³-hybridized carbons (Fsp3) is 0.471. The van der Waals surface area contributed by atoms with Gasteiger partial charge in [-0.3, -0.25) is 14.5 Å². The number of amides is 4. The van der Waals surface area contributed by atoms with Crippen molar-refractivity contribution in [2.45, 2.75) is 38.6 Å². The topological polar surface area (TPSA) is 78.5 Å². The maximum atomic E-state index is 12.3. The van der Waals surface area contributed by atoms with Crippen LogP contribution in [-0.4, -0.2) is 41.9 Å². The van der Waals surface area contributed by atoms with Gasteiger partial charge in [-0.2, -0.15) is 0 Å². The van der Waals surface area contributed by atoms with Gasteiger partial charge in [0.25, 0.3) is 5.91 Å². The zero-order valence-corrected chi connectivity index (χ0v) is 13.4. The van der Waals surface area contributed by atoms with E-state index in [0.717, 1.165) is 12.0 Å². The van der Waals surface area contributed by atoms with Crippen LogP contribution in [0.2, 0.25) is 0 Å². The molecule has 0 aromatic heterocycles. The van der Waals surface area contributed by atoms with Crippen molar-refractivity contribution in [2.75, 3.05) is 13.1 Å². The van der Waals surface area contributed by atoms with Crippen molar-refractivity contribution in [1.29, 1.82) is 0 Å². The van der Waals surface area contributed by atoms with E-state index in [2.05, 4.69) is 10.6 Å². The molecule has 1 aliphatic rings. The van der Waals surface area contributed by atoms with Crippen LogP contribution in [0.5, 0.6) is 0 Å². The lowest BCUT2D eigenvalue weighted by atomic mass is 10.1. The van der Waals surface area contributed by atoms with Gasteiger partial charge >= 0.3 is 6.03 Å². The van der Waals surface area contributed by atoms with E-state index in [9.17, 15) is 14.4 Å². The number of imide groups is 1. The summed E-state index contributed by atoms with van der Waals surface area (Å²) in [7, 11) is 0. The summed E-state index contributed by atoms with van der Waals surface area (Å²) in [6.07, 6.45) is 2.08. The first-order valence-corrected chi connectivity index (χ1v) is 8.04. The van der Waals surface area contributed by atoms with E-state index >= 15 is 0 Å². The summed E-state index contributed by atoms with van der Waals surface area (Å²) in [4.78, 5) is 37.0. The molecule has 0 unspecified atom stereocenters. The number of nitrogens with zero attached hydrogens (tertiary/aromatic N) is 1. The van der Waals surface area contributed by atoms with Crippen molar-refractivity contribution in [3.05, 3.63) is 35.9 Å². The molecular weight excluding hydrogens is 294 g/mol. The van der Waals surface area contributed by atoms with Crippen LogP contribution in [0.4, 0.5) is 4.79 Å². The van der Waals surface area contributed by atoms with Gasteiger partial charge in [0.1, 0.15) is 6.04 Å². The summed E-state index contributed by atoms with van der Waals surface area (Å²) in [6.45, 7) is 2.96. The Morgan fingerprint density at radius 1 is 1.26 bits per heavy atom. The molecule has 6 nitrogen and oxygen atoms in total. The number of hydrogen-bond donors (Lipinski definition) is 2. The van der Waals surface area contributed by atoms with E-state index in [4.69, 9.17) is 0 Å². The Kier molecular flexibility index (Phi) is 6.14. The summed E-state index contributed by atoms with van der Waals surface area (Å²) in [5.41, 5.74) is 1.08. The zero-order valence-electron chi connectivity index (χ0n) is 13.4. The van der Waals surface area contributed by atoms with Crippen LogP contribution in [0.25, 0.3) is 0 Å². The largest absolute Gasteiger partial charge is 0.356 e. The molecule has 4 amide bonds. The van der Waals surface area contributed by atoms with Crippen LogP contribution in [0.15, 0.2) is 30.3 Å².